The maximum absolute atomic E-state index is 4.78. The predicted octanol–water partition coefficient (Wildman–Crippen LogP) is 1.14. The number of tetrazole rings is 1. The summed E-state index contributed by atoms with van der Waals surface area (Å²) in [7, 11) is 0. The molecule has 1 aromatic heterocycles. The third-order valence-electron chi connectivity index (χ3n) is 4.40. The van der Waals surface area contributed by atoms with Gasteiger partial charge in [-0.3, -0.25) is 0 Å². The van der Waals surface area contributed by atoms with E-state index < -0.39 is 0 Å². The maximum atomic E-state index is 4.78. The fraction of sp³-hybridized carbons (Fsp3) is 0.136. The van der Waals surface area contributed by atoms with Crippen molar-refractivity contribution in [1.29, 1.82) is 0 Å². The van der Waals surface area contributed by atoms with E-state index in [0.29, 0.717) is 5.82 Å². The molecule has 3 aromatic carbocycles. The van der Waals surface area contributed by atoms with Crippen LogP contribution in [0, 0.1) is 20.8 Å². The van der Waals surface area contributed by atoms with Crippen molar-refractivity contribution in [1.82, 2.24) is 15.0 Å². The van der Waals surface area contributed by atoms with E-state index in [1.54, 1.807) is 0 Å². The van der Waals surface area contributed by atoms with E-state index in [1.165, 1.54) is 16.7 Å². The van der Waals surface area contributed by atoms with Crippen LogP contribution >= 0.6 is 0 Å². The second-order valence-corrected chi connectivity index (χ2v) is 6.64. The Kier molecular flexibility index (Phi) is 5.38. The van der Waals surface area contributed by atoms with E-state index in [-0.39, 0.29) is 12.4 Å². The van der Waals surface area contributed by atoms with Gasteiger partial charge in [0.1, 0.15) is 5.69 Å². The van der Waals surface area contributed by atoms with Crippen molar-refractivity contribution in [3.63, 3.8) is 0 Å². The molecular formula is C22H21ClN4. The molecule has 4 aromatic rings. The number of halogens is 1. The molecule has 1 heterocycles. The van der Waals surface area contributed by atoms with Gasteiger partial charge in [0.05, 0.1) is 10.7 Å². The number of aromatic nitrogens is 4. The van der Waals surface area contributed by atoms with Gasteiger partial charge in [0, 0.05) is 4.80 Å². The second kappa shape index (κ2) is 7.72. The Morgan fingerprint density at radius 2 is 1.15 bits per heavy atom. The highest BCUT2D eigenvalue weighted by molar-refractivity contribution is 5.54. The average molecular weight is 377 g/mol. The first-order valence-corrected chi connectivity index (χ1v) is 8.71. The Balaban J connectivity index is 0.00000210. The summed E-state index contributed by atoms with van der Waals surface area (Å²) >= 11 is 0. The largest absolute Gasteiger partial charge is 1.00 e. The summed E-state index contributed by atoms with van der Waals surface area (Å²) < 4.78 is 0. The maximum Gasteiger partial charge on any atom is 0.340 e. The summed E-state index contributed by atoms with van der Waals surface area (Å²) in [6, 6.07) is 24.9. The van der Waals surface area contributed by atoms with Gasteiger partial charge in [-0.1, -0.05) is 53.1 Å². The first-order chi connectivity index (χ1) is 12.6. The van der Waals surface area contributed by atoms with Gasteiger partial charge in [-0.2, -0.15) is 0 Å². The molecule has 5 heteroatoms. The van der Waals surface area contributed by atoms with E-state index in [9.17, 15) is 0 Å². The Morgan fingerprint density at radius 3 is 1.70 bits per heavy atom. The Labute approximate surface area is 165 Å². The normalized spacial score (nSPS) is 10.5. The monoisotopic (exact) mass is 376 g/mol. The molecule has 0 spiro atoms. The van der Waals surface area contributed by atoms with Gasteiger partial charge in [0.2, 0.25) is 0 Å². The van der Waals surface area contributed by atoms with Gasteiger partial charge < -0.3 is 12.4 Å². The van der Waals surface area contributed by atoms with E-state index >= 15 is 0 Å². The molecule has 0 saturated heterocycles. The molecule has 0 saturated carbocycles. The van der Waals surface area contributed by atoms with Crippen LogP contribution in [-0.4, -0.2) is 15.0 Å². The van der Waals surface area contributed by atoms with Crippen LogP contribution in [0.5, 0.6) is 0 Å². The number of hydrogen-bond acceptors (Lipinski definition) is 2. The number of hydrogen-bond donors (Lipinski definition) is 0. The van der Waals surface area contributed by atoms with Crippen LogP contribution in [0.25, 0.3) is 22.8 Å². The number of benzene rings is 3. The van der Waals surface area contributed by atoms with E-state index in [0.717, 1.165) is 16.9 Å². The molecule has 0 fully saturated rings. The molecule has 0 aliphatic rings. The molecule has 0 unspecified atom stereocenters. The van der Waals surface area contributed by atoms with Crippen molar-refractivity contribution in [2.75, 3.05) is 0 Å². The van der Waals surface area contributed by atoms with Gasteiger partial charge in [-0.05, 0) is 67.1 Å². The van der Waals surface area contributed by atoms with Crippen molar-refractivity contribution in [2.45, 2.75) is 20.8 Å². The molecule has 136 valence electrons. The molecule has 0 aliphatic heterocycles. The van der Waals surface area contributed by atoms with Crippen molar-refractivity contribution < 1.29 is 17.2 Å². The standard InChI is InChI=1S/C22H21N4.ClH/c1-16-4-10-19(11-5-16)22-23-25(20-12-6-17(2)7-13-20)26(24-22)21-14-8-18(3)9-15-21;/h4-15H,1-3H3;1H/q+1;/p-1. The van der Waals surface area contributed by atoms with Crippen LogP contribution in [0.4, 0.5) is 0 Å². The minimum atomic E-state index is 0. The quantitative estimate of drug-likeness (QED) is 0.503. The van der Waals surface area contributed by atoms with Crippen molar-refractivity contribution in [3.8, 4) is 22.8 Å². The van der Waals surface area contributed by atoms with Crippen LogP contribution in [0.3, 0.4) is 0 Å². The van der Waals surface area contributed by atoms with E-state index in [1.807, 2.05) is 9.59 Å². The first kappa shape index (κ1) is 18.8. The van der Waals surface area contributed by atoms with Crippen LogP contribution in [-0.2, 0) is 0 Å². The second-order valence-electron chi connectivity index (χ2n) is 6.64. The van der Waals surface area contributed by atoms with E-state index in [2.05, 4.69) is 93.6 Å². The minimum absolute atomic E-state index is 0. The SMILES string of the molecule is Cc1ccc(-c2nn(-c3ccc(C)cc3)[n+](-c3ccc(C)cc3)n2)cc1.[Cl-]. The van der Waals surface area contributed by atoms with Crippen LogP contribution in [0.2, 0.25) is 0 Å². The Morgan fingerprint density at radius 1 is 0.667 bits per heavy atom. The fourth-order valence-corrected chi connectivity index (χ4v) is 2.79. The number of aryl methyl sites for hydroxylation is 3. The first-order valence-electron chi connectivity index (χ1n) is 8.71. The van der Waals surface area contributed by atoms with Gasteiger partial charge in [0.15, 0.2) is 5.69 Å². The number of nitrogens with zero attached hydrogens (tertiary/aromatic N) is 4. The highest BCUT2D eigenvalue weighted by Gasteiger charge is 2.23. The topological polar surface area (TPSA) is 34.6 Å². The highest BCUT2D eigenvalue weighted by atomic mass is 35.5. The van der Waals surface area contributed by atoms with Gasteiger partial charge >= 0.3 is 5.82 Å². The Hall–Kier alpha value is -2.98. The summed E-state index contributed by atoms with van der Waals surface area (Å²) in [5.74, 6) is 0.700. The summed E-state index contributed by atoms with van der Waals surface area (Å²) in [6.45, 7) is 6.24. The number of rotatable bonds is 3. The van der Waals surface area contributed by atoms with Gasteiger partial charge in [-0.15, -0.1) is 0 Å². The summed E-state index contributed by atoms with van der Waals surface area (Å²) in [5, 5.41) is 9.55. The lowest BCUT2D eigenvalue weighted by molar-refractivity contribution is -0.734. The van der Waals surface area contributed by atoms with Crippen molar-refractivity contribution in [2.24, 2.45) is 0 Å². The fourth-order valence-electron chi connectivity index (χ4n) is 2.79. The molecule has 0 atom stereocenters. The van der Waals surface area contributed by atoms with Crippen LogP contribution in [0.1, 0.15) is 16.7 Å². The molecule has 4 rings (SSSR count). The molecule has 0 N–H and O–H groups in total. The van der Waals surface area contributed by atoms with Gasteiger partial charge in [0.25, 0.3) is 0 Å². The molecule has 0 amide bonds. The van der Waals surface area contributed by atoms with Gasteiger partial charge in [-0.25, -0.2) is 0 Å². The third-order valence-corrected chi connectivity index (χ3v) is 4.40. The zero-order chi connectivity index (χ0) is 18.1. The Bertz CT molecular complexity index is 970. The molecule has 27 heavy (non-hydrogen) atoms. The molecule has 0 aliphatic carbocycles. The lowest BCUT2D eigenvalue weighted by atomic mass is 10.1. The molecule has 0 bridgehead atoms. The zero-order valence-electron chi connectivity index (χ0n) is 15.6. The highest BCUT2D eigenvalue weighted by Crippen LogP contribution is 2.16. The summed E-state index contributed by atoms with van der Waals surface area (Å²) in [6.07, 6.45) is 0. The average Bonchev–Trinajstić information content (AvgIpc) is 3.09. The van der Waals surface area contributed by atoms with Crippen LogP contribution < -0.4 is 17.2 Å². The molecule has 4 nitrogen and oxygen atoms in total. The van der Waals surface area contributed by atoms with Crippen LogP contribution in [0.15, 0.2) is 72.8 Å². The smallest absolute Gasteiger partial charge is 0.340 e. The molecule has 0 radical (unpaired) electrons. The third kappa shape index (κ3) is 3.91. The van der Waals surface area contributed by atoms with E-state index in [4.69, 9.17) is 10.2 Å². The minimum Gasteiger partial charge on any atom is -1.00 e. The van der Waals surface area contributed by atoms with Crippen molar-refractivity contribution in [3.05, 3.63) is 89.5 Å². The predicted molar refractivity (Wildman–Crippen MR) is 103 cm³/mol. The lowest BCUT2D eigenvalue weighted by Gasteiger charge is -2.00. The lowest BCUT2D eigenvalue weighted by Crippen LogP contribution is -3.00. The summed E-state index contributed by atoms with van der Waals surface area (Å²) in [5.41, 5.74) is 6.61. The zero-order valence-corrected chi connectivity index (χ0v) is 16.4. The molecular weight excluding hydrogens is 356 g/mol. The summed E-state index contributed by atoms with van der Waals surface area (Å²) in [4.78, 5) is 3.69. The van der Waals surface area contributed by atoms with Crippen molar-refractivity contribution >= 4 is 0 Å².